The summed E-state index contributed by atoms with van der Waals surface area (Å²) < 4.78 is 40.5. The molecule has 9 heteroatoms. The first-order chi connectivity index (χ1) is 19.5. The molecular weight excluding hydrogens is 541 g/mol. The summed E-state index contributed by atoms with van der Waals surface area (Å²) >= 11 is 0. The Morgan fingerprint density at radius 3 is 2.24 bits per heavy atom. The molecule has 0 saturated heterocycles. The highest BCUT2D eigenvalue weighted by molar-refractivity contribution is 7.92. The molecule has 3 aromatic carbocycles. The average Bonchev–Trinajstić information content (AvgIpc) is 2.93. The van der Waals surface area contributed by atoms with Gasteiger partial charge in [0.05, 0.1) is 11.9 Å². The van der Waals surface area contributed by atoms with Crippen LogP contribution in [0.4, 0.5) is 10.1 Å². The quantitative estimate of drug-likeness (QED) is 0.282. The monoisotopic (exact) mass is 581 g/mol. The number of carbonyl (C=O) groups is 2. The number of hydrogen-bond donors (Lipinski definition) is 1. The van der Waals surface area contributed by atoms with E-state index in [1.807, 2.05) is 75.4 Å². The van der Waals surface area contributed by atoms with E-state index in [1.165, 1.54) is 18.2 Å². The van der Waals surface area contributed by atoms with E-state index < -0.39 is 21.9 Å². The molecule has 41 heavy (non-hydrogen) atoms. The third kappa shape index (κ3) is 9.42. The van der Waals surface area contributed by atoms with Gasteiger partial charge in [-0.15, -0.1) is 0 Å². The minimum atomic E-state index is -3.79. The smallest absolute Gasteiger partial charge is 0.243 e. The van der Waals surface area contributed by atoms with Crippen LogP contribution in [0.15, 0.2) is 78.9 Å². The molecule has 0 radical (unpaired) electrons. The van der Waals surface area contributed by atoms with Gasteiger partial charge in [-0.1, -0.05) is 79.2 Å². The first-order valence-electron chi connectivity index (χ1n) is 13.9. The second-order valence-corrected chi connectivity index (χ2v) is 12.3. The fourth-order valence-corrected chi connectivity index (χ4v) is 5.60. The van der Waals surface area contributed by atoms with Gasteiger partial charge in [-0.2, -0.15) is 0 Å². The van der Waals surface area contributed by atoms with Crippen LogP contribution in [-0.4, -0.2) is 50.0 Å². The average molecular weight is 582 g/mol. The maximum atomic E-state index is 14.5. The van der Waals surface area contributed by atoms with Crippen LogP contribution in [0.1, 0.15) is 49.8 Å². The van der Waals surface area contributed by atoms with Crippen molar-refractivity contribution in [3.8, 4) is 0 Å². The van der Waals surface area contributed by atoms with E-state index in [-0.39, 0.29) is 49.5 Å². The van der Waals surface area contributed by atoms with Gasteiger partial charge in [0.25, 0.3) is 0 Å². The molecule has 2 amide bonds. The van der Waals surface area contributed by atoms with E-state index in [9.17, 15) is 22.4 Å². The normalized spacial score (nSPS) is 12.8. The highest BCUT2D eigenvalue weighted by Gasteiger charge is 2.31. The Bertz CT molecular complexity index is 1420. The van der Waals surface area contributed by atoms with Gasteiger partial charge >= 0.3 is 0 Å². The van der Waals surface area contributed by atoms with Crippen molar-refractivity contribution in [2.24, 2.45) is 0 Å². The van der Waals surface area contributed by atoms with Gasteiger partial charge in [-0.05, 0) is 49.9 Å². The standard InChI is InChI=1S/C32H40FN3O4S/c1-5-25(3)34-32(38)30(22-26-14-7-6-8-15-26)35(23-27-16-11-13-24(2)21-27)31(37)19-12-20-36(41(4,39)40)29-18-10-9-17-28(29)33/h6-11,13-18,21,25,30H,5,12,19-20,22-23H2,1-4H3,(H,34,38)/t25-,30+/m1/s1. The van der Waals surface area contributed by atoms with Crippen molar-refractivity contribution in [3.63, 3.8) is 0 Å². The Morgan fingerprint density at radius 1 is 0.951 bits per heavy atom. The molecule has 0 spiro atoms. The van der Waals surface area contributed by atoms with Crippen molar-refractivity contribution in [2.75, 3.05) is 17.1 Å². The third-order valence-electron chi connectivity index (χ3n) is 6.98. The van der Waals surface area contributed by atoms with Crippen LogP contribution in [0.5, 0.6) is 0 Å². The summed E-state index contributed by atoms with van der Waals surface area (Å²) in [4.78, 5) is 29.1. The Balaban J connectivity index is 1.90. The number of sulfonamides is 1. The number of halogens is 1. The molecule has 0 unspecified atom stereocenters. The highest BCUT2D eigenvalue weighted by atomic mass is 32.2. The molecule has 0 heterocycles. The van der Waals surface area contributed by atoms with E-state index >= 15 is 0 Å². The lowest BCUT2D eigenvalue weighted by atomic mass is 10.0. The van der Waals surface area contributed by atoms with Gasteiger partial charge in [0.1, 0.15) is 11.9 Å². The number of nitrogens with one attached hydrogen (secondary N) is 1. The zero-order valence-electron chi connectivity index (χ0n) is 24.2. The Hall–Kier alpha value is -3.72. The zero-order chi connectivity index (χ0) is 30.0. The van der Waals surface area contributed by atoms with Crippen LogP contribution in [0.2, 0.25) is 0 Å². The molecule has 0 aromatic heterocycles. The molecule has 220 valence electrons. The van der Waals surface area contributed by atoms with Crippen molar-refractivity contribution in [2.45, 2.75) is 65.1 Å². The summed E-state index contributed by atoms with van der Waals surface area (Å²) in [6.07, 6.45) is 2.21. The summed E-state index contributed by atoms with van der Waals surface area (Å²) in [6.45, 7) is 6.01. The van der Waals surface area contributed by atoms with Gasteiger partial charge in [0.2, 0.25) is 21.8 Å². The van der Waals surface area contributed by atoms with Crippen LogP contribution in [0.3, 0.4) is 0 Å². The number of rotatable bonds is 14. The Morgan fingerprint density at radius 2 is 1.61 bits per heavy atom. The lowest BCUT2D eigenvalue weighted by molar-refractivity contribution is -0.141. The first kappa shape index (κ1) is 31.8. The molecule has 0 saturated carbocycles. The van der Waals surface area contributed by atoms with E-state index in [1.54, 1.807) is 11.0 Å². The zero-order valence-corrected chi connectivity index (χ0v) is 25.0. The molecule has 7 nitrogen and oxygen atoms in total. The number of aryl methyl sites for hydroxylation is 1. The maximum absolute atomic E-state index is 14.5. The van der Waals surface area contributed by atoms with Crippen molar-refractivity contribution < 1.29 is 22.4 Å². The molecule has 0 aliphatic rings. The van der Waals surface area contributed by atoms with Crippen molar-refractivity contribution >= 4 is 27.5 Å². The number of nitrogens with zero attached hydrogens (tertiary/aromatic N) is 2. The van der Waals surface area contributed by atoms with Crippen LogP contribution in [0.25, 0.3) is 0 Å². The molecule has 0 bridgehead atoms. The van der Waals surface area contributed by atoms with Crippen LogP contribution in [0, 0.1) is 12.7 Å². The van der Waals surface area contributed by atoms with Crippen LogP contribution in [-0.2, 0) is 32.6 Å². The van der Waals surface area contributed by atoms with Crippen LogP contribution >= 0.6 is 0 Å². The number of benzene rings is 3. The highest BCUT2D eigenvalue weighted by Crippen LogP contribution is 2.23. The van der Waals surface area contributed by atoms with Crippen molar-refractivity contribution in [3.05, 3.63) is 101 Å². The number of para-hydroxylation sites is 1. The Labute approximate surface area is 243 Å². The van der Waals surface area contributed by atoms with Gasteiger partial charge in [-0.25, -0.2) is 12.8 Å². The molecule has 0 fully saturated rings. The number of amides is 2. The Kier molecular flexibility index (Phi) is 11.5. The second-order valence-electron chi connectivity index (χ2n) is 10.4. The topological polar surface area (TPSA) is 86.8 Å². The van der Waals surface area contributed by atoms with Crippen molar-refractivity contribution in [1.82, 2.24) is 10.2 Å². The van der Waals surface area contributed by atoms with Crippen molar-refractivity contribution in [1.29, 1.82) is 0 Å². The summed E-state index contributed by atoms with van der Waals surface area (Å²) in [5.41, 5.74) is 2.78. The predicted octanol–water partition coefficient (Wildman–Crippen LogP) is 5.24. The minimum absolute atomic E-state index is 0.0197. The first-order valence-corrected chi connectivity index (χ1v) is 15.8. The lowest BCUT2D eigenvalue weighted by Gasteiger charge is -2.33. The number of hydrogen-bond acceptors (Lipinski definition) is 4. The summed E-state index contributed by atoms with van der Waals surface area (Å²) in [7, 11) is -3.79. The van der Waals surface area contributed by atoms with E-state index in [0.717, 1.165) is 33.7 Å². The summed E-state index contributed by atoms with van der Waals surface area (Å²) in [5.74, 6) is -1.18. The lowest BCUT2D eigenvalue weighted by Crippen LogP contribution is -2.52. The second kappa shape index (κ2) is 14.8. The van der Waals surface area contributed by atoms with Gasteiger partial charge in [0, 0.05) is 32.0 Å². The fraction of sp³-hybridized carbons (Fsp3) is 0.375. The predicted molar refractivity (Wildman–Crippen MR) is 161 cm³/mol. The van der Waals surface area contributed by atoms with Gasteiger partial charge in [0.15, 0.2) is 0 Å². The third-order valence-corrected chi connectivity index (χ3v) is 8.16. The molecule has 1 N–H and O–H groups in total. The van der Waals surface area contributed by atoms with Gasteiger partial charge in [-0.3, -0.25) is 13.9 Å². The number of carbonyl (C=O) groups excluding carboxylic acids is 2. The number of anilines is 1. The molecule has 3 rings (SSSR count). The molecule has 0 aliphatic carbocycles. The molecule has 3 aromatic rings. The van der Waals surface area contributed by atoms with E-state index in [0.29, 0.717) is 6.42 Å². The molecule has 2 atom stereocenters. The fourth-order valence-electron chi connectivity index (χ4n) is 4.64. The largest absolute Gasteiger partial charge is 0.352 e. The SMILES string of the molecule is CC[C@@H](C)NC(=O)[C@H](Cc1ccccc1)N(Cc1cccc(C)c1)C(=O)CCCN(c1ccccc1F)S(C)(=O)=O. The van der Waals surface area contributed by atoms with Crippen LogP contribution < -0.4 is 9.62 Å². The summed E-state index contributed by atoms with van der Waals surface area (Å²) in [5, 5.41) is 3.04. The minimum Gasteiger partial charge on any atom is -0.352 e. The molecular formula is C32H40FN3O4S. The van der Waals surface area contributed by atoms with Gasteiger partial charge < -0.3 is 10.2 Å². The van der Waals surface area contributed by atoms with E-state index in [2.05, 4.69) is 5.32 Å². The van der Waals surface area contributed by atoms with E-state index in [4.69, 9.17) is 0 Å². The molecule has 0 aliphatic heterocycles. The maximum Gasteiger partial charge on any atom is 0.243 e. The summed E-state index contributed by atoms with van der Waals surface area (Å²) in [6, 6.07) is 22.1.